The van der Waals surface area contributed by atoms with E-state index < -0.39 is 0 Å². The van der Waals surface area contributed by atoms with Gasteiger partial charge in [0.25, 0.3) is 0 Å². The summed E-state index contributed by atoms with van der Waals surface area (Å²) in [5.74, 6) is 1.84. The summed E-state index contributed by atoms with van der Waals surface area (Å²) in [6, 6.07) is 0.341. The quantitative estimate of drug-likeness (QED) is 0.619. The second-order valence-corrected chi connectivity index (χ2v) is 5.48. The van der Waals surface area contributed by atoms with Gasteiger partial charge in [0, 0.05) is 19.5 Å². The van der Waals surface area contributed by atoms with Gasteiger partial charge in [0.1, 0.15) is 0 Å². The molecule has 0 radical (unpaired) electrons. The predicted octanol–water partition coefficient (Wildman–Crippen LogP) is 3.63. The molecule has 0 aromatic heterocycles. The molecule has 1 aliphatic carbocycles. The summed E-state index contributed by atoms with van der Waals surface area (Å²) >= 11 is 0. The number of allylic oxidation sites excluding steroid dienone is 2. The second-order valence-electron chi connectivity index (χ2n) is 5.48. The van der Waals surface area contributed by atoms with E-state index in [9.17, 15) is 4.79 Å². The summed E-state index contributed by atoms with van der Waals surface area (Å²) in [4.78, 5) is 13.5. The third kappa shape index (κ3) is 4.93. The normalized spacial score (nSPS) is 23.4. The lowest BCUT2D eigenvalue weighted by Crippen LogP contribution is -2.37. The van der Waals surface area contributed by atoms with Gasteiger partial charge < -0.3 is 4.90 Å². The van der Waals surface area contributed by atoms with Crippen molar-refractivity contribution in [2.75, 3.05) is 6.54 Å². The zero-order chi connectivity index (χ0) is 12.8. The molecule has 0 aliphatic heterocycles. The van der Waals surface area contributed by atoms with Crippen molar-refractivity contribution in [3.63, 3.8) is 0 Å². The van der Waals surface area contributed by atoms with Gasteiger partial charge in [-0.15, -0.1) is 0 Å². The molecule has 0 heterocycles. The van der Waals surface area contributed by atoms with Crippen LogP contribution >= 0.6 is 0 Å². The van der Waals surface area contributed by atoms with Crippen LogP contribution in [-0.4, -0.2) is 23.4 Å². The standard InChI is InChI=1S/C15H27NO/c1-5-6-7-8-9-14-10-15(14)11-16(12(2)3)13(4)17/h6-7,12,14-15H,5,8-11H2,1-4H3/b7-6-/t14-,15-/m0/s1. The minimum Gasteiger partial charge on any atom is -0.340 e. The molecular weight excluding hydrogens is 210 g/mol. The molecule has 2 nitrogen and oxygen atoms in total. The molecule has 0 unspecified atom stereocenters. The van der Waals surface area contributed by atoms with Gasteiger partial charge in [-0.3, -0.25) is 4.79 Å². The van der Waals surface area contributed by atoms with Crippen LogP contribution in [0.4, 0.5) is 0 Å². The van der Waals surface area contributed by atoms with E-state index in [0.29, 0.717) is 6.04 Å². The van der Waals surface area contributed by atoms with Crippen molar-refractivity contribution in [2.45, 2.75) is 59.4 Å². The van der Waals surface area contributed by atoms with Crippen molar-refractivity contribution < 1.29 is 4.79 Å². The van der Waals surface area contributed by atoms with Crippen molar-refractivity contribution in [2.24, 2.45) is 11.8 Å². The summed E-state index contributed by atoms with van der Waals surface area (Å²) in [5.41, 5.74) is 0. The summed E-state index contributed by atoms with van der Waals surface area (Å²) in [6.45, 7) is 9.02. The first kappa shape index (κ1) is 14.3. The van der Waals surface area contributed by atoms with E-state index in [4.69, 9.17) is 0 Å². The van der Waals surface area contributed by atoms with Crippen LogP contribution in [0, 0.1) is 11.8 Å². The molecule has 1 saturated carbocycles. The van der Waals surface area contributed by atoms with Crippen LogP contribution in [0.15, 0.2) is 12.2 Å². The summed E-state index contributed by atoms with van der Waals surface area (Å²) < 4.78 is 0. The fraction of sp³-hybridized carbons (Fsp3) is 0.800. The first-order valence-electron chi connectivity index (χ1n) is 6.98. The molecule has 1 rings (SSSR count). The first-order valence-corrected chi connectivity index (χ1v) is 6.98. The van der Waals surface area contributed by atoms with E-state index in [-0.39, 0.29) is 5.91 Å². The highest BCUT2D eigenvalue weighted by Crippen LogP contribution is 2.42. The van der Waals surface area contributed by atoms with E-state index >= 15 is 0 Å². The van der Waals surface area contributed by atoms with Crippen molar-refractivity contribution >= 4 is 5.91 Å². The number of nitrogens with zero attached hydrogens (tertiary/aromatic N) is 1. The maximum Gasteiger partial charge on any atom is 0.219 e. The van der Waals surface area contributed by atoms with E-state index in [1.54, 1.807) is 6.92 Å². The lowest BCUT2D eigenvalue weighted by atomic mass is 10.1. The molecule has 17 heavy (non-hydrogen) atoms. The predicted molar refractivity (Wildman–Crippen MR) is 72.8 cm³/mol. The first-order chi connectivity index (χ1) is 8.06. The van der Waals surface area contributed by atoms with Crippen molar-refractivity contribution in [3.05, 3.63) is 12.2 Å². The fourth-order valence-electron chi connectivity index (χ4n) is 2.44. The van der Waals surface area contributed by atoms with Crippen LogP contribution in [0.5, 0.6) is 0 Å². The zero-order valence-electron chi connectivity index (χ0n) is 11.8. The molecule has 1 fully saturated rings. The largest absolute Gasteiger partial charge is 0.340 e. The Balaban J connectivity index is 2.22. The number of carbonyl (C=O) groups excluding carboxylic acids is 1. The van der Waals surface area contributed by atoms with Crippen molar-refractivity contribution in [3.8, 4) is 0 Å². The number of rotatable bonds is 7. The molecule has 98 valence electrons. The third-order valence-electron chi connectivity index (χ3n) is 3.63. The molecule has 1 aliphatic rings. The van der Waals surface area contributed by atoms with E-state index in [0.717, 1.165) is 24.8 Å². The fourth-order valence-corrected chi connectivity index (χ4v) is 2.44. The lowest BCUT2D eigenvalue weighted by molar-refractivity contribution is -0.130. The average molecular weight is 237 g/mol. The van der Waals surface area contributed by atoms with Gasteiger partial charge in [0.2, 0.25) is 5.91 Å². The van der Waals surface area contributed by atoms with E-state index in [1.165, 1.54) is 19.3 Å². The summed E-state index contributed by atoms with van der Waals surface area (Å²) in [6.07, 6.45) is 9.49. The highest BCUT2D eigenvalue weighted by atomic mass is 16.2. The Bertz CT molecular complexity index is 270. The molecule has 2 atom stereocenters. The number of hydrogen-bond donors (Lipinski definition) is 0. The molecule has 1 amide bonds. The second kappa shape index (κ2) is 6.83. The SMILES string of the molecule is CC/C=C\CC[C@H]1C[C@H]1CN(C(C)=O)C(C)C. The molecule has 0 N–H and O–H groups in total. The van der Waals surface area contributed by atoms with Crippen LogP contribution in [0.3, 0.4) is 0 Å². The van der Waals surface area contributed by atoms with Gasteiger partial charge in [-0.2, -0.15) is 0 Å². The Morgan fingerprint density at radius 2 is 2.06 bits per heavy atom. The molecule has 0 bridgehead atoms. The Morgan fingerprint density at radius 1 is 1.35 bits per heavy atom. The van der Waals surface area contributed by atoms with Gasteiger partial charge >= 0.3 is 0 Å². The number of hydrogen-bond acceptors (Lipinski definition) is 1. The summed E-state index contributed by atoms with van der Waals surface area (Å²) in [7, 11) is 0. The molecule has 0 spiro atoms. The Kier molecular flexibility index (Phi) is 5.73. The maximum absolute atomic E-state index is 11.5. The number of carbonyl (C=O) groups is 1. The van der Waals surface area contributed by atoms with Crippen LogP contribution < -0.4 is 0 Å². The molecular formula is C15H27NO. The highest BCUT2D eigenvalue weighted by molar-refractivity contribution is 5.73. The van der Waals surface area contributed by atoms with Crippen LogP contribution in [0.25, 0.3) is 0 Å². The topological polar surface area (TPSA) is 20.3 Å². The minimum atomic E-state index is 0.219. The number of amides is 1. The molecule has 0 saturated heterocycles. The Morgan fingerprint density at radius 3 is 2.59 bits per heavy atom. The van der Waals surface area contributed by atoms with E-state index in [2.05, 4.69) is 32.9 Å². The van der Waals surface area contributed by atoms with Gasteiger partial charge in [-0.25, -0.2) is 0 Å². The monoisotopic (exact) mass is 237 g/mol. The average Bonchev–Trinajstić information content (AvgIpc) is 2.99. The highest BCUT2D eigenvalue weighted by Gasteiger charge is 2.38. The van der Waals surface area contributed by atoms with Gasteiger partial charge in [-0.05, 0) is 51.4 Å². The van der Waals surface area contributed by atoms with Gasteiger partial charge in [0.15, 0.2) is 0 Å². The summed E-state index contributed by atoms with van der Waals surface area (Å²) in [5, 5.41) is 0. The molecule has 2 heteroatoms. The van der Waals surface area contributed by atoms with E-state index in [1.807, 2.05) is 4.90 Å². The Labute approximate surface area is 106 Å². The van der Waals surface area contributed by atoms with Crippen LogP contribution in [-0.2, 0) is 4.79 Å². The van der Waals surface area contributed by atoms with Crippen LogP contribution in [0.1, 0.15) is 53.4 Å². The lowest BCUT2D eigenvalue weighted by Gasteiger charge is -2.25. The maximum atomic E-state index is 11.5. The molecule has 0 aromatic carbocycles. The third-order valence-corrected chi connectivity index (χ3v) is 3.63. The zero-order valence-corrected chi connectivity index (χ0v) is 11.8. The van der Waals surface area contributed by atoms with Crippen molar-refractivity contribution in [1.82, 2.24) is 4.90 Å². The van der Waals surface area contributed by atoms with Gasteiger partial charge in [0.05, 0.1) is 0 Å². The Hall–Kier alpha value is -0.790. The molecule has 0 aromatic rings. The minimum absolute atomic E-state index is 0.219. The smallest absolute Gasteiger partial charge is 0.219 e. The van der Waals surface area contributed by atoms with Crippen LogP contribution in [0.2, 0.25) is 0 Å². The van der Waals surface area contributed by atoms with Gasteiger partial charge in [-0.1, -0.05) is 19.1 Å². The van der Waals surface area contributed by atoms with Crippen molar-refractivity contribution in [1.29, 1.82) is 0 Å².